The van der Waals surface area contributed by atoms with Gasteiger partial charge in [-0.2, -0.15) is 0 Å². The smallest absolute Gasteiger partial charge is 0.241 e. The summed E-state index contributed by atoms with van der Waals surface area (Å²) >= 11 is 0. The maximum absolute atomic E-state index is 13.9. The van der Waals surface area contributed by atoms with Gasteiger partial charge in [-0.1, -0.05) is 99.6 Å². The summed E-state index contributed by atoms with van der Waals surface area (Å²) in [5.41, 5.74) is 15.4. The van der Waals surface area contributed by atoms with E-state index in [1.165, 1.54) is 64.2 Å². The van der Waals surface area contributed by atoms with Crippen LogP contribution in [0.1, 0.15) is 126 Å². The second-order valence-corrected chi connectivity index (χ2v) is 17.2. The van der Waals surface area contributed by atoms with Crippen LogP contribution in [0.25, 0.3) is 0 Å². The Hall–Kier alpha value is -2.02. The molecule has 0 aromatic carbocycles. The number of fused-ring (bicyclic) bond motifs is 2. The Balaban J connectivity index is 1.03. The van der Waals surface area contributed by atoms with Crippen molar-refractivity contribution in [3.8, 4) is 0 Å². The van der Waals surface area contributed by atoms with E-state index in [0.717, 1.165) is 61.8 Å². The Labute approximate surface area is 295 Å². The van der Waals surface area contributed by atoms with Gasteiger partial charge in [0.15, 0.2) is 0 Å². The number of imidazole rings is 2. The lowest BCUT2D eigenvalue weighted by Gasteiger charge is -2.39. The molecule has 4 atom stereocenters. The van der Waals surface area contributed by atoms with Gasteiger partial charge >= 0.3 is 0 Å². The van der Waals surface area contributed by atoms with Crippen molar-refractivity contribution in [2.24, 2.45) is 23.3 Å². The molecule has 266 valence electrons. The van der Waals surface area contributed by atoms with Crippen molar-refractivity contribution in [3.05, 3.63) is 35.4 Å². The maximum Gasteiger partial charge on any atom is 0.241 e. The normalized spacial score (nSPS) is 23.5. The number of rotatable bonds is 13. The summed E-state index contributed by atoms with van der Waals surface area (Å²) < 4.78 is 4.53. The molecule has 0 spiro atoms. The third-order valence-corrected chi connectivity index (χ3v) is 13.8. The fourth-order valence-electron chi connectivity index (χ4n) is 8.51. The number of aromatic nitrogens is 4. The highest BCUT2D eigenvalue weighted by molar-refractivity contribution is 8.76. The Morgan fingerprint density at radius 1 is 0.688 bits per heavy atom. The van der Waals surface area contributed by atoms with E-state index in [-0.39, 0.29) is 23.9 Å². The van der Waals surface area contributed by atoms with Crippen molar-refractivity contribution in [1.82, 2.24) is 28.9 Å². The number of nitrogens with zero attached hydrogens (tertiary/aromatic N) is 6. The number of hydrogen-bond donors (Lipinski definition) is 2. The standard InChI is InChI=1S/C36H58N8O2S2/c1-3-27-21-41-15-17-43(31(33(41)39-27)19-25-11-7-5-8-12-25)35(45)29(37)23-47-48-24-30(38)36(46)44-18-16-42-22-28(4-2)40-34(42)32(44)20-26-13-9-6-10-14-26/h21-22,25-26,29-32H,3-20,23-24,37-38H2,1-2H3/t29-,30-,31-,32-/m0/s1. The first-order valence-corrected chi connectivity index (χ1v) is 21.3. The molecule has 0 unspecified atom stereocenters. The minimum Gasteiger partial charge on any atom is -0.331 e. The van der Waals surface area contributed by atoms with Gasteiger partial charge in [0.2, 0.25) is 11.8 Å². The average Bonchev–Trinajstić information content (AvgIpc) is 3.75. The van der Waals surface area contributed by atoms with E-state index in [2.05, 4.69) is 35.4 Å². The van der Waals surface area contributed by atoms with E-state index in [1.807, 2.05) is 9.80 Å². The molecule has 2 aliphatic heterocycles. The van der Waals surface area contributed by atoms with Gasteiger partial charge in [0.1, 0.15) is 11.6 Å². The van der Waals surface area contributed by atoms with E-state index in [1.54, 1.807) is 21.6 Å². The average molecular weight is 699 g/mol. The molecule has 0 radical (unpaired) electrons. The highest BCUT2D eigenvalue weighted by Gasteiger charge is 2.38. The van der Waals surface area contributed by atoms with E-state index < -0.39 is 12.1 Å². The highest BCUT2D eigenvalue weighted by atomic mass is 33.1. The van der Waals surface area contributed by atoms with Gasteiger partial charge in [0.05, 0.1) is 35.6 Å². The predicted octanol–water partition coefficient (Wildman–Crippen LogP) is 5.65. The molecule has 2 saturated carbocycles. The summed E-state index contributed by atoms with van der Waals surface area (Å²) in [5, 5.41) is 0. The van der Waals surface area contributed by atoms with Crippen molar-refractivity contribution >= 4 is 33.4 Å². The molecule has 0 bridgehead atoms. The lowest BCUT2D eigenvalue weighted by atomic mass is 9.84. The van der Waals surface area contributed by atoms with Crippen molar-refractivity contribution in [1.29, 1.82) is 0 Å². The number of nitrogens with two attached hydrogens (primary N) is 2. The first-order valence-electron chi connectivity index (χ1n) is 18.8. The summed E-state index contributed by atoms with van der Waals surface area (Å²) in [6, 6.07) is -1.24. The van der Waals surface area contributed by atoms with Gasteiger partial charge < -0.3 is 30.4 Å². The zero-order valence-electron chi connectivity index (χ0n) is 29.2. The Bertz CT molecular complexity index is 1270. The third kappa shape index (κ3) is 8.29. The predicted molar refractivity (Wildman–Crippen MR) is 195 cm³/mol. The van der Waals surface area contributed by atoms with Crippen LogP contribution in [0, 0.1) is 11.8 Å². The second-order valence-electron chi connectivity index (χ2n) is 14.6. The van der Waals surface area contributed by atoms with Crippen LogP contribution < -0.4 is 11.5 Å². The minimum atomic E-state index is -0.607. The molecule has 10 nitrogen and oxygen atoms in total. The molecule has 2 amide bonds. The van der Waals surface area contributed by atoms with Gasteiger partial charge in [-0.3, -0.25) is 9.59 Å². The van der Waals surface area contributed by atoms with Crippen molar-refractivity contribution < 1.29 is 9.59 Å². The molecule has 4 aliphatic rings. The number of hydrogen-bond acceptors (Lipinski definition) is 8. The first-order chi connectivity index (χ1) is 23.4. The van der Waals surface area contributed by atoms with Gasteiger partial charge in [-0.25, -0.2) is 9.97 Å². The summed E-state index contributed by atoms with van der Waals surface area (Å²) in [7, 11) is 3.11. The minimum absolute atomic E-state index is 0.0115. The van der Waals surface area contributed by atoms with Crippen LogP contribution in [0.3, 0.4) is 0 Å². The fraction of sp³-hybridized carbons (Fsp3) is 0.778. The van der Waals surface area contributed by atoms with E-state index in [4.69, 9.17) is 21.4 Å². The van der Waals surface area contributed by atoms with E-state index in [0.29, 0.717) is 36.4 Å². The molecule has 0 saturated heterocycles. The van der Waals surface area contributed by atoms with Crippen LogP contribution in [-0.2, 0) is 35.5 Å². The molecule has 4 N–H and O–H groups in total. The van der Waals surface area contributed by atoms with Crippen LogP contribution >= 0.6 is 21.6 Å². The molecule has 2 aromatic rings. The molecule has 48 heavy (non-hydrogen) atoms. The van der Waals surface area contributed by atoms with E-state index >= 15 is 0 Å². The molecule has 6 rings (SSSR count). The van der Waals surface area contributed by atoms with Crippen molar-refractivity contribution in [2.45, 2.75) is 141 Å². The summed E-state index contributed by atoms with van der Waals surface area (Å²) in [6.07, 6.45) is 20.7. The molecular weight excluding hydrogens is 641 g/mol. The third-order valence-electron chi connectivity index (χ3n) is 11.3. The lowest BCUT2D eigenvalue weighted by molar-refractivity contribution is -0.137. The zero-order chi connectivity index (χ0) is 33.6. The Morgan fingerprint density at radius 2 is 1.08 bits per heavy atom. The zero-order valence-corrected chi connectivity index (χ0v) is 30.9. The van der Waals surface area contributed by atoms with E-state index in [9.17, 15) is 9.59 Å². The Kier molecular flexibility index (Phi) is 12.5. The summed E-state index contributed by atoms with van der Waals surface area (Å²) in [4.78, 5) is 41.7. The molecule has 2 aromatic heterocycles. The van der Waals surface area contributed by atoms with Gasteiger partial charge in [0.25, 0.3) is 0 Å². The Morgan fingerprint density at radius 3 is 1.46 bits per heavy atom. The van der Waals surface area contributed by atoms with Gasteiger partial charge in [0, 0.05) is 50.1 Å². The number of carbonyl (C=O) groups is 2. The van der Waals surface area contributed by atoms with Crippen LogP contribution in [0.4, 0.5) is 0 Å². The van der Waals surface area contributed by atoms with Crippen LogP contribution in [-0.4, -0.2) is 77.4 Å². The summed E-state index contributed by atoms with van der Waals surface area (Å²) in [5.74, 6) is 4.31. The van der Waals surface area contributed by atoms with Crippen LogP contribution in [0.2, 0.25) is 0 Å². The fourth-order valence-corrected chi connectivity index (χ4v) is 10.7. The number of aryl methyl sites for hydroxylation is 2. The van der Waals surface area contributed by atoms with Crippen LogP contribution in [0.15, 0.2) is 12.4 Å². The molecule has 12 heteroatoms. The molecule has 4 heterocycles. The second kappa shape index (κ2) is 16.8. The highest BCUT2D eigenvalue weighted by Crippen LogP contribution is 2.39. The lowest BCUT2D eigenvalue weighted by Crippen LogP contribution is -2.51. The van der Waals surface area contributed by atoms with Gasteiger partial charge in [-0.15, -0.1) is 0 Å². The van der Waals surface area contributed by atoms with Crippen molar-refractivity contribution in [3.63, 3.8) is 0 Å². The molecular formula is C36H58N8O2S2. The number of amides is 2. The summed E-state index contributed by atoms with van der Waals surface area (Å²) in [6.45, 7) is 7.14. The molecule has 2 fully saturated rings. The largest absolute Gasteiger partial charge is 0.331 e. The topological polar surface area (TPSA) is 128 Å². The maximum atomic E-state index is 13.9. The monoisotopic (exact) mass is 698 g/mol. The van der Waals surface area contributed by atoms with Gasteiger partial charge in [-0.05, 0) is 37.5 Å². The van der Waals surface area contributed by atoms with Crippen LogP contribution in [0.5, 0.6) is 0 Å². The van der Waals surface area contributed by atoms with Crippen molar-refractivity contribution in [2.75, 3.05) is 24.6 Å². The number of carbonyl (C=O) groups excluding carboxylic acids is 2. The molecule has 2 aliphatic carbocycles. The first kappa shape index (κ1) is 35.8. The quantitative estimate of drug-likeness (QED) is 0.203. The SMILES string of the molecule is CCc1cn2c(n1)[C@H](CC1CCCCC1)N(C(=O)[C@@H](N)CSSC[C@H](N)C(=O)N1CCn3cc(CC)nc3[C@@H]1CC1CCCCC1)CC2.